The van der Waals surface area contributed by atoms with Crippen molar-refractivity contribution < 1.29 is 0 Å². The number of aryl methyl sites for hydroxylation is 2. The van der Waals surface area contributed by atoms with E-state index in [0.717, 1.165) is 21.5 Å². The van der Waals surface area contributed by atoms with Gasteiger partial charge in [-0.05, 0) is 24.6 Å². The summed E-state index contributed by atoms with van der Waals surface area (Å²) in [7, 11) is 1.91. The first-order valence-corrected chi connectivity index (χ1v) is 4.14. The van der Waals surface area contributed by atoms with E-state index in [0.29, 0.717) is 0 Å². The highest BCUT2D eigenvalue weighted by atomic mass is 35.5. The Morgan fingerprint density at radius 2 is 2.17 bits per heavy atom. The fourth-order valence-electron chi connectivity index (χ4n) is 1.34. The van der Waals surface area contributed by atoms with Crippen LogP contribution < -0.4 is 0 Å². The lowest BCUT2D eigenvalue weighted by Crippen LogP contribution is -1.88. The molecule has 2 aromatic rings. The van der Waals surface area contributed by atoms with Crippen LogP contribution in [-0.4, -0.2) is 9.78 Å². The van der Waals surface area contributed by atoms with Gasteiger partial charge >= 0.3 is 0 Å². The SMILES string of the molecule is Cc1cc(Cl)c2cnn(C)c2c1. The van der Waals surface area contributed by atoms with Gasteiger partial charge in [0.25, 0.3) is 0 Å². The average molecular weight is 181 g/mol. The van der Waals surface area contributed by atoms with E-state index in [1.807, 2.05) is 24.7 Å². The molecule has 0 spiro atoms. The molecule has 0 unspecified atom stereocenters. The maximum absolute atomic E-state index is 6.02. The second-order valence-corrected chi connectivity index (χ2v) is 3.35. The second kappa shape index (κ2) is 2.49. The van der Waals surface area contributed by atoms with Crippen LogP contribution in [0.25, 0.3) is 10.9 Å². The van der Waals surface area contributed by atoms with Crippen LogP contribution in [0, 0.1) is 6.92 Å². The fourth-order valence-corrected chi connectivity index (χ4v) is 1.65. The van der Waals surface area contributed by atoms with Crippen LogP contribution in [0.3, 0.4) is 0 Å². The molecule has 1 aromatic heterocycles. The van der Waals surface area contributed by atoms with Gasteiger partial charge < -0.3 is 0 Å². The molecule has 3 heteroatoms. The highest BCUT2D eigenvalue weighted by molar-refractivity contribution is 6.35. The predicted octanol–water partition coefficient (Wildman–Crippen LogP) is 2.54. The molecule has 1 aromatic carbocycles. The molecule has 0 aliphatic rings. The van der Waals surface area contributed by atoms with Gasteiger partial charge in [-0.25, -0.2) is 0 Å². The third-order valence-electron chi connectivity index (χ3n) is 1.96. The minimum atomic E-state index is 0.776. The van der Waals surface area contributed by atoms with E-state index in [2.05, 4.69) is 11.2 Å². The van der Waals surface area contributed by atoms with E-state index in [9.17, 15) is 0 Å². The zero-order valence-corrected chi connectivity index (χ0v) is 7.76. The third kappa shape index (κ3) is 0.994. The van der Waals surface area contributed by atoms with Gasteiger partial charge in [-0.3, -0.25) is 4.68 Å². The summed E-state index contributed by atoms with van der Waals surface area (Å²) in [6.07, 6.45) is 1.79. The number of aromatic nitrogens is 2. The normalized spacial score (nSPS) is 10.9. The van der Waals surface area contributed by atoms with E-state index in [-0.39, 0.29) is 0 Å². The largest absolute Gasteiger partial charge is 0.268 e. The van der Waals surface area contributed by atoms with Gasteiger partial charge in [-0.15, -0.1) is 0 Å². The Kier molecular flexibility index (Phi) is 1.58. The summed E-state index contributed by atoms with van der Waals surface area (Å²) < 4.78 is 1.83. The van der Waals surface area contributed by atoms with Crippen molar-refractivity contribution in [1.29, 1.82) is 0 Å². The topological polar surface area (TPSA) is 17.8 Å². The summed E-state index contributed by atoms with van der Waals surface area (Å²) in [5.74, 6) is 0. The van der Waals surface area contributed by atoms with E-state index in [1.54, 1.807) is 6.20 Å². The Morgan fingerprint density at radius 1 is 1.42 bits per heavy atom. The molecular formula is C9H9ClN2. The molecule has 0 saturated carbocycles. The molecule has 0 atom stereocenters. The van der Waals surface area contributed by atoms with Gasteiger partial charge in [0.15, 0.2) is 0 Å². The highest BCUT2D eigenvalue weighted by Crippen LogP contribution is 2.24. The van der Waals surface area contributed by atoms with Crippen molar-refractivity contribution in [3.63, 3.8) is 0 Å². The molecule has 2 nitrogen and oxygen atoms in total. The predicted molar refractivity (Wildman–Crippen MR) is 50.5 cm³/mol. The van der Waals surface area contributed by atoms with E-state index < -0.39 is 0 Å². The summed E-state index contributed by atoms with van der Waals surface area (Å²) in [4.78, 5) is 0. The van der Waals surface area contributed by atoms with E-state index >= 15 is 0 Å². The first-order chi connectivity index (χ1) is 5.68. The Hall–Kier alpha value is -1.02. The summed E-state index contributed by atoms with van der Waals surface area (Å²) >= 11 is 6.02. The van der Waals surface area contributed by atoms with Crippen LogP contribution in [0.15, 0.2) is 18.3 Å². The van der Waals surface area contributed by atoms with Crippen molar-refractivity contribution in [3.8, 4) is 0 Å². The van der Waals surface area contributed by atoms with E-state index in [4.69, 9.17) is 11.6 Å². The van der Waals surface area contributed by atoms with Crippen molar-refractivity contribution in [3.05, 3.63) is 28.9 Å². The monoisotopic (exact) mass is 180 g/mol. The summed E-state index contributed by atoms with van der Waals surface area (Å²) in [6.45, 7) is 2.03. The van der Waals surface area contributed by atoms with Gasteiger partial charge in [-0.2, -0.15) is 5.10 Å². The summed E-state index contributed by atoms with van der Waals surface area (Å²) in [5.41, 5.74) is 2.25. The molecule has 0 amide bonds. The maximum atomic E-state index is 6.02. The Balaban J connectivity index is 2.92. The minimum absolute atomic E-state index is 0.776. The van der Waals surface area contributed by atoms with Crippen LogP contribution in [0.2, 0.25) is 5.02 Å². The molecule has 0 N–H and O–H groups in total. The van der Waals surface area contributed by atoms with Crippen LogP contribution >= 0.6 is 11.6 Å². The van der Waals surface area contributed by atoms with Gasteiger partial charge in [0.2, 0.25) is 0 Å². The Morgan fingerprint density at radius 3 is 2.92 bits per heavy atom. The molecule has 12 heavy (non-hydrogen) atoms. The standard InChI is InChI=1S/C9H9ClN2/c1-6-3-8(10)7-5-11-12(2)9(7)4-6/h3-5H,1-2H3. The molecule has 62 valence electrons. The Bertz CT molecular complexity index is 431. The molecule has 0 radical (unpaired) electrons. The lowest BCUT2D eigenvalue weighted by molar-refractivity contribution is 0.796. The number of nitrogens with zero attached hydrogens (tertiary/aromatic N) is 2. The van der Waals surface area contributed by atoms with Crippen molar-refractivity contribution in [2.75, 3.05) is 0 Å². The zero-order chi connectivity index (χ0) is 8.72. The van der Waals surface area contributed by atoms with Crippen LogP contribution in [0.4, 0.5) is 0 Å². The van der Waals surface area contributed by atoms with Gasteiger partial charge in [-0.1, -0.05) is 11.6 Å². The number of benzene rings is 1. The Labute approximate surface area is 75.8 Å². The number of fused-ring (bicyclic) bond motifs is 1. The molecule has 0 saturated heterocycles. The van der Waals surface area contributed by atoms with Crippen LogP contribution in [-0.2, 0) is 7.05 Å². The fraction of sp³-hybridized carbons (Fsp3) is 0.222. The molecule has 0 aliphatic carbocycles. The van der Waals surface area contributed by atoms with Crippen molar-refractivity contribution in [2.24, 2.45) is 7.05 Å². The highest BCUT2D eigenvalue weighted by Gasteiger charge is 2.03. The van der Waals surface area contributed by atoms with Crippen LogP contribution in [0.5, 0.6) is 0 Å². The van der Waals surface area contributed by atoms with Crippen molar-refractivity contribution in [2.45, 2.75) is 6.92 Å². The first kappa shape index (κ1) is 7.62. The second-order valence-electron chi connectivity index (χ2n) is 2.95. The van der Waals surface area contributed by atoms with E-state index in [1.165, 1.54) is 0 Å². The van der Waals surface area contributed by atoms with Gasteiger partial charge in [0, 0.05) is 12.4 Å². The van der Waals surface area contributed by atoms with Gasteiger partial charge in [0.1, 0.15) is 0 Å². The number of halogens is 1. The molecule has 0 aliphatic heterocycles. The lowest BCUT2D eigenvalue weighted by atomic mass is 10.2. The average Bonchev–Trinajstić information content (AvgIpc) is 2.33. The quantitative estimate of drug-likeness (QED) is 0.609. The minimum Gasteiger partial charge on any atom is -0.268 e. The zero-order valence-electron chi connectivity index (χ0n) is 7.00. The lowest BCUT2D eigenvalue weighted by Gasteiger charge is -1.98. The van der Waals surface area contributed by atoms with Crippen LogP contribution in [0.1, 0.15) is 5.56 Å². The summed E-state index contributed by atoms with van der Waals surface area (Å²) in [5, 5.41) is 5.92. The molecule has 0 fully saturated rings. The smallest absolute Gasteiger partial charge is 0.0696 e. The number of rotatable bonds is 0. The summed E-state index contributed by atoms with van der Waals surface area (Å²) in [6, 6.07) is 4.03. The van der Waals surface area contributed by atoms with Crippen molar-refractivity contribution >= 4 is 22.5 Å². The molecular weight excluding hydrogens is 172 g/mol. The van der Waals surface area contributed by atoms with Gasteiger partial charge in [0.05, 0.1) is 16.7 Å². The molecule has 1 heterocycles. The molecule has 0 bridgehead atoms. The maximum Gasteiger partial charge on any atom is 0.0696 e. The number of hydrogen-bond acceptors (Lipinski definition) is 1. The third-order valence-corrected chi connectivity index (χ3v) is 2.27. The first-order valence-electron chi connectivity index (χ1n) is 3.76. The van der Waals surface area contributed by atoms with Crippen molar-refractivity contribution in [1.82, 2.24) is 9.78 Å². The number of hydrogen-bond donors (Lipinski definition) is 0. The molecule has 2 rings (SSSR count).